The van der Waals surface area contributed by atoms with Crippen molar-refractivity contribution in [2.75, 3.05) is 33.4 Å². The maximum Gasteiger partial charge on any atom is 0.427 e. The molecule has 6 nitrogen and oxygen atoms in total. The predicted octanol–water partition coefficient (Wildman–Crippen LogP) is 5.32. The van der Waals surface area contributed by atoms with Gasteiger partial charge in [0.2, 0.25) is 6.10 Å². The standard InChI is InChI=1S/C26H30F3NO5/c1-32-22-9-7-19(8-10-22)16-33-18-23(26(27,28)29)35-24(31)30-13-11-25(12-14-30)15-21(17-34-25)20-5-3-2-4-6-20/h2-10,21,23H,11-18H2,1H3/t21?,23-/m1/s1. The molecule has 2 saturated heterocycles. The summed E-state index contributed by atoms with van der Waals surface area (Å²) >= 11 is 0. The van der Waals surface area contributed by atoms with Crippen LogP contribution < -0.4 is 4.74 Å². The molecule has 0 aromatic heterocycles. The minimum Gasteiger partial charge on any atom is -0.497 e. The van der Waals surface area contributed by atoms with Crippen LogP contribution in [-0.4, -0.2) is 62.3 Å². The summed E-state index contributed by atoms with van der Waals surface area (Å²) in [6.45, 7) is 0.368. The number of amides is 1. The average molecular weight is 494 g/mol. The van der Waals surface area contributed by atoms with Gasteiger partial charge < -0.3 is 23.8 Å². The molecule has 0 saturated carbocycles. The summed E-state index contributed by atoms with van der Waals surface area (Å²) in [5, 5.41) is 0. The Morgan fingerprint density at radius 1 is 1.11 bits per heavy atom. The second-order valence-corrected chi connectivity index (χ2v) is 9.07. The summed E-state index contributed by atoms with van der Waals surface area (Å²) in [4.78, 5) is 13.9. The maximum absolute atomic E-state index is 13.5. The van der Waals surface area contributed by atoms with E-state index in [-0.39, 0.29) is 31.2 Å². The Morgan fingerprint density at radius 2 is 1.80 bits per heavy atom. The molecule has 0 aliphatic carbocycles. The Hall–Kier alpha value is -2.78. The fourth-order valence-electron chi connectivity index (χ4n) is 4.63. The zero-order valence-corrected chi connectivity index (χ0v) is 19.6. The topological polar surface area (TPSA) is 57.2 Å². The quantitative estimate of drug-likeness (QED) is 0.523. The lowest BCUT2D eigenvalue weighted by molar-refractivity contribution is -0.220. The van der Waals surface area contributed by atoms with E-state index in [0.29, 0.717) is 30.8 Å². The van der Waals surface area contributed by atoms with E-state index in [2.05, 4.69) is 12.1 Å². The summed E-state index contributed by atoms with van der Waals surface area (Å²) in [5.74, 6) is 0.921. The van der Waals surface area contributed by atoms with Crippen LogP contribution >= 0.6 is 0 Å². The molecule has 2 atom stereocenters. The van der Waals surface area contributed by atoms with Crippen molar-refractivity contribution in [3.8, 4) is 5.75 Å². The molecule has 4 rings (SSSR count). The van der Waals surface area contributed by atoms with Crippen LogP contribution in [0.5, 0.6) is 5.75 Å². The van der Waals surface area contributed by atoms with Crippen molar-refractivity contribution in [3.63, 3.8) is 0 Å². The van der Waals surface area contributed by atoms with Crippen LogP contribution in [0.3, 0.4) is 0 Å². The highest BCUT2D eigenvalue weighted by molar-refractivity contribution is 5.68. The van der Waals surface area contributed by atoms with Gasteiger partial charge in [0.05, 0.1) is 32.5 Å². The Bertz CT molecular complexity index is 959. The first kappa shape index (κ1) is 25.3. The Balaban J connectivity index is 1.26. The van der Waals surface area contributed by atoms with Gasteiger partial charge >= 0.3 is 12.3 Å². The van der Waals surface area contributed by atoms with Crippen molar-refractivity contribution in [2.45, 2.75) is 49.7 Å². The molecule has 1 amide bonds. The van der Waals surface area contributed by atoms with Gasteiger partial charge in [-0.05, 0) is 42.5 Å². The van der Waals surface area contributed by atoms with E-state index in [9.17, 15) is 18.0 Å². The third-order valence-electron chi connectivity index (χ3n) is 6.72. The molecular weight excluding hydrogens is 463 g/mol. The van der Waals surface area contributed by atoms with Gasteiger partial charge in [0.25, 0.3) is 0 Å². The van der Waals surface area contributed by atoms with Crippen LogP contribution in [0.2, 0.25) is 0 Å². The third-order valence-corrected chi connectivity index (χ3v) is 6.72. The number of methoxy groups -OCH3 is 1. The first-order chi connectivity index (χ1) is 16.8. The zero-order valence-electron chi connectivity index (χ0n) is 19.6. The van der Waals surface area contributed by atoms with Crippen molar-refractivity contribution in [3.05, 3.63) is 65.7 Å². The molecule has 0 radical (unpaired) electrons. The molecule has 0 N–H and O–H groups in total. The number of hydrogen-bond acceptors (Lipinski definition) is 5. The summed E-state index contributed by atoms with van der Waals surface area (Å²) < 4.78 is 61.8. The highest BCUT2D eigenvalue weighted by Gasteiger charge is 2.46. The van der Waals surface area contributed by atoms with Gasteiger partial charge in [0, 0.05) is 19.0 Å². The van der Waals surface area contributed by atoms with Gasteiger partial charge in [0.15, 0.2) is 0 Å². The number of ether oxygens (including phenoxy) is 4. The zero-order chi connectivity index (χ0) is 24.9. The van der Waals surface area contributed by atoms with Gasteiger partial charge in [0.1, 0.15) is 5.75 Å². The molecule has 9 heteroatoms. The molecule has 190 valence electrons. The predicted molar refractivity (Wildman–Crippen MR) is 122 cm³/mol. The lowest BCUT2D eigenvalue weighted by Crippen LogP contribution is -2.49. The van der Waals surface area contributed by atoms with Crippen LogP contribution in [0.4, 0.5) is 18.0 Å². The number of halogens is 3. The lowest BCUT2D eigenvalue weighted by Gasteiger charge is -2.38. The lowest BCUT2D eigenvalue weighted by atomic mass is 9.83. The fourth-order valence-corrected chi connectivity index (χ4v) is 4.63. The van der Waals surface area contributed by atoms with E-state index in [4.69, 9.17) is 18.9 Å². The second-order valence-electron chi connectivity index (χ2n) is 9.07. The van der Waals surface area contributed by atoms with E-state index in [1.807, 2.05) is 18.2 Å². The van der Waals surface area contributed by atoms with Crippen LogP contribution in [-0.2, 0) is 20.8 Å². The third kappa shape index (κ3) is 6.46. The van der Waals surface area contributed by atoms with E-state index >= 15 is 0 Å². The number of nitrogens with zero attached hydrogens (tertiary/aromatic N) is 1. The minimum absolute atomic E-state index is 0.0414. The van der Waals surface area contributed by atoms with Gasteiger partial charge in [-0.2, -0.15) is 13.2 Å². The van der Waals surface area contributed by atoms with Gasteiger partial charge in [-0.15, -0.1) is 0 Å². The SMILES string of the molecule is COc1ccc(COC[C@@H](OC(=O)N2CCC3(CC2)CC(c2ccccc2)CO3)C(F)(F)F)cc1. The number of rotatable bonds is 7. The van der Waals surface area contributed by atoms with Crippen molar-refractivity contribution >= 4 is 6.09 Å². The van der Waals surface area contributed by atoms with E-state index in [0.717, 1.165) is 6.42 Å². The second kappa shape index (κ2) is 10.9. The van der Waals surface area contributed by atoms with Crippen LogP contribution in [0, 0.1) is 0 Å². The van der Waals surface area contributed by atoms with Gasteiger partial charge in [-0.3, -0.25) is 0 Å². The summed E-state index contributed by atoms with van der Waals surface area (Å²) in [6, 6.07) is 16.9. The molecule has 2 heterocycles. The Morgan fingerprint density at radius 3 is 2.43 bits per heavy atom. The maximum atomic E-state index is 13.5. The van der Waals surface area contributed by atoms with E-state index < -0.39 is 25.0 Å². The summed E-state index contributed by atoms with van der Waals surface area (Å²) in [7, 11) is 1.53. The number of benzene rings is 2. The van der Waals surface area contributed by atoms with Crippen molar-refractivity contribution in [1.82, 2.24) is 4.90 Å². The number of alkyl halides is 3. The number of carbonyl (C=O) groups is 1. The first-order valence-corrected chi connectivity index (χ1v) is 11.7. The normalized spacial score (nSPS) is 20.6. The van der Waals surface area contributed by atoms with Crippen LogP contribution in [0.1, 0.15) is 36.3 Å². The molecule has 1 spiro atoms. The number of carbonyl (C=O) groups excluding carboxylic acids is 1. The molecular formula is C26H30F3NO5. The average Bonchev–Trinajstić information content (AvgIpc) is 3.27. The number of hydrogen-bond donors (Lipinski definition) is 0. The Labute approximate surface area is 202 Å². The molecule has 2 aliphatic rings. The largest absolute Gasteiger partial charge is 0.497 e. The first-order valence-electron chi connectivity index (χ1n) is 11.7. The van der Waals surface area contributed by atoms with Gasteiger partial charge in [-0.1, -0.05) is 42.5 Å². The molecule has 2 aromatic carbocycles. The van der Waals surface area contributed by atoms with Crippen LogP contribution in [0.25, 0.3) is 0 Å². The molecule has 2 aliphatic heterocycles. The molecule has 1 unspecified atom stereocenters. The minimum atomic E-state index is -4.73. The van der Waals surface area contributed by atoms with Crippen LogP contribution in [0.15, 0.2) is 54.6 Å². The number of piperidine rings is 1. The number of likely N-dealkylation sites (tertiary alicyclic amines) is 1. The van der Waals surface area contributed by atoms with E-state index in [1.54, 1.807) is 24.3 Å². The Kier molecular flexibility index (Phi) is 7.86. The highest BCUT2D eigenvalue weighted by Crippen LogP contribution is 2.42. The van der Waals surface area contributed by atoms with Crippen molar-refractivity contribution < 1.29 is 36.9 Å². The summed E-state index contributed by atoms with van der Waals surface area (Å²) in [5.41, 5.74) is 1.56. The molecule has 0 bridgehead atoms. The summed E-state index contributed by atoms with van der Waals surface area (Å²) in [6.07, 6.45) is -6.08. The van der Waals surface area contributed by atoms with Crippen molar-refractivity contribution in [2.24, 2.45) is 0 Å². The highest BCUT2D eigenvalue weighted by atomic mass is 19.4. The molecule has 2 fully saturated rings. The van der Waals surface area contributed by atoms with E-state index in [1.165, 1.54) is 17.6 Å². The van der Waals surface area contributed by atoms with Gasteiger partial charge in [-0.25, -0.2) is 4.79 Å². The molecule has 35 heavy (non-hydrogen) atoms. The smallest absolute Gasteiger partial charge is 0.427 e. The van der Waals surface area contributed by atoms with Crippen molar-refractivity contribution in [1.29, 1.82) is 0 Å². The molecule has 2 aromatic rings. The fraction of sp³-hybridized carbons (Fsp3) is 0.500. The monoisotopic (exact) mass is 493 g/mol.